The van der Waals surface area contributed by atoms with E-state index in [4.69, 9.17) is 11.0 Å². The zero-order valence-corrected chi connectivity index (χ0v) is 11.5. The van der Waals surface area contributed by atoms with Crippen LogP contribution in [-0.4, -0.2) is 8.32 Å². The minimum absolute atomic E-state index is 0.971. The molecule has 0 aliphatic rings. The molecule has 0 N–H and O–H groups in total. The average Bonchev–Trinajstić information content (AvgIpc) is 2.27. The molecule has 1 nitrogen and oxygen atoms in total. The summed E-state index contributed by atoms with van der Waals surface area (Å²) < 4.78 is 6.09. The van der Waals surface area contributed by atoms with Gasteiger partial charge in [0.05, 0.1) is 0 Å². The normalized spacial score (nSPS) is 11.2. The molecule has 0 atom stereocenters. The van der Waals surface area contributed by atoms with Crippen molar-refractivity contribution in [1.29, 1.82) is 0 Å². The van der Waals surface area contributed by atoms with Gasteiger partial charge in [0.2, 0.25) is 8.32 Å². The lowest BCUT2D eigenvalue weighted by Crippen LogP contribution is -2.33. The molecule has 0 saturated carbocycles. The van der Waals surface area contributed by atoms with Gasteiger partial charge in [-0.2, -0.15) is 0 Å². The number of unbranched alkanes of at least 4 members (excludes halogenated alkanes) is 1. The molecule has 0 amide bonds. The Morgan fingerprint density at radius 2 is 1.88 bits per heavy atom. The summed E-state index contributed by atoms with van der Waals surface area (Å²) >= 11 is 0. The average molecular weight is 233 g/mol. The number of benzene rings is 1. The van der Waals surface area contributed by atoms with Gasteiger partial charge < -0.3 is 4.43 Å². The Morgan fingerprint density at radius 3 is 2.38 bits per heavy atom. The highest BCUT2D eigenvalue weighted by molar-refractivity contribution is 6.71. The minimum atomic E-state index is -1.53. The van der Waals surface area contributed by atoms with Crippen LogP contribution in [0.3, 0.4) is 0 Å². The van der Waals surface area contributed by atoms with Crippen LogP contribution in [0.1, 0.15) is 25.3 Å². The topological polar surface area (TPSA) is 9.23 Å². The molecule has 0 heterocycles. The Balaban J connectivity index is 2.60. The maximum atomic E-state index is 6.09. The molecular formula is C14H21OSi. The van der Waals surface area contributed by atoms with Crippen LogP contribution in [0.25, 0.3) is 6.08 Å². The zero-order valence-electron chi connectivity index (χ0n) is 10.5. The van der Waals surface area contributed by atoms with Crippen LogP contribution in [0.2, 0.25) is 19.1 Å². The molecule has 16 heavy (non-hydrogen) atoms. The second-order valence-electron chi connectivity index (χ2n) is 4.70. The van der Waals surface area contributed by atoms with Crippen molar-refractivity contribution in [3.8, 4) is 5.75 Å². The maximum absolute atomic E-state index is 6.09. The lowest BCUT2D eigenvalue weighted by molar-refractivity contribution is 0.542. The molecule has 1 aromatic rings. The summed E-state index contributed by atoms with van der Waals surface area (Å²) in [6.07, 6.45) is 4.10. The van der Waals surface area contributed by atoms with Crippen molar-refractivity contribution in [3.05, 3.63) is 36.4 Å². The van der Waals surface area contributed by atoms with Gasteiger partial charge >= 0.3 is 0 Å². The molecule has 1 radical (unpaired) electrons. The summed E-state index contributed by atoms with van der Waals surface area (Å²) in [5.74, 6) is 0.971. The van der Waals surface area contributed by atoms with Crippen molar-refractivity contribution in [2.24, 2.45) is 0 Å². The van der Waals surface area contributed by atoms with Gasteiger partial charge in [0.15, 0.2) is 0 Å². The summed E-state index contributed by atoms with van der Waals surface area (Å²) in [5.41, 5.74) is 1.03. The van der Waals surface area contributed by atoms with Gasteiger partial charge in [-0.25, -0.2) is 0 Å². The van der Waals surface area contributed by atoms with Gasteiger partial charge in [-0.3, -0.25) is 0 Å². The summed E-state index contributed by atoms with van der Waals surface area (Å²) in [4.78, 5) is 0. The second-order valence-corrected chi connectivity index (χ2v) is 8.92. The van der Waals surface area contributed by atoms with E-state index >= 15 is 0 Å². The first-order valence-electron chi connectivity index (χ1n) is 5.91. The molecule has 0 spiro atoms. The zero-order chi connectivity index (χ0) is 12.0. The third-order valence-electron chi connectivity index (χ3n) is 2.60. The van der Waals surface area contributed by atoms with Crippen molar-refractivity contribution < 1.29 is 4.43 Å². The van der Waals surface area contributed by atoms with E-state index in [1.165, 1.54) is 18.9 Å². The van der Waals surface area contributed by atoms with E-state index in [-0.39, 0.29) is 0 Å². The fourth-order valence-corrected chi connectivity index (χ4v) is 3.70. The third kappa shape index (κ3) is 4.23. The van der Waals surface area contributed by atoms with E-state index in [0.717, 1.165) is 11.3 Å². The molecule has 0 bridgehead atoms. The molecule has 87 valence electrons. The lowest BCUT2D eigenvalue weighted by Gasteiger charge is -2.24. The molecule has 0 aromatic heterocycles. The van der Waals surface area contributed by atoms with Gasteiger partial charge in [-0.05, 0) is 36.8 Å². The van der Waals surface area contributed by atoms with Crippen LogP contribution in [-0.2, 0) is 0 Å². The van der Waals surface area contributed by atoms with E-state index in [1.807, 2.05) is 24.3 Å². The fourth-order valence-electron chi connectivity index (χ4n) is 1.62. The van der Waals surface area contributed by atoms with Gasteiger partial charge in [0.25, 0.3) is 0 Å². The van der Waals surface area contributed by atoms with E-state index < -0.39 is 8.32 Å². The molecule has 1 rings (SSSR count). The van der Waals surface area contributed by atoms with Crippen LogP contribution >= 0.6 is 0 Å². The van der Waals surface area contributed by atoms with Crippen LogP contribution in [0.4, 0.5) is 0 Å². The van der Waals surface area contributed by atoms with Crippen LogP contribution in [0.15, 0.2) is 24.3 Å². The van der Waals surface area contributed by atoms with Crippen LogP contribution in [0, 0.1) is 6.58 Å². The smallest absolute Gasteiger partial charge is 0.245 e. The minimum Gasteiger partial charge on any atom is -0.544 e. The summed E-state index contributed by atoms with van der Waals surface area (Å²) in [7, 11) is -1.53. The molecular weight excluding hydrogens is 212 g/mol. The van der Waals surface area contributed by atoms with Crippen molar-refractivity contribution in [2.75, 3.05) is 0 Å². The Morgan fingerprint density at radius 1 is 1.25 bits per heavy atom. The van der Waals surface area contributed by atoms with Crippen molar-refractivity contribution >= 4 is 14.4 Å². The molecule has 0 aliphatic heterocycles. The Bertz CT molecular complexity index is 327. The molecule has 0 fully saturated rings. The predicted molar refractivity (Wildman–Crippen MR) is 73.0 cm³/mol. The van der Waals surface area contributed by atoms with Crippen LogP contribution in [0.5, 0.6) is 5.75 Å². The molecule has 2 heteroatoms. The summed E-state index contributed by atoms with van der Waals surface area (Å²) in [6.45, 7) is 12.2. The number of hydrogen-bond acceptors (Lipinski definition) is 1. The largest absolute Gasteiger partial charge is 0.544 e. The van der Waals surface area contributed by atoms with Crippen molar-refractivity contribution in [3.63, 3.8) is 0 Å². The quantitative estimate of drug-likeness (QED) is 0.657. The SMILES string of the molecule is [CH]=Cc1ccc(O[Si](C)(C)CCCC)cc1. The Labute approximate surface area is 100 Å². The van der Waals surface area contributed by atoms with Gasteiger partial charge in [-0.1, -0.05) is 44.6 Å². The molecule has 0 aliphatic carbocycles. The van der Waals surface area contributed by atoms with Gasteiger partial charge in [-0.15, -0.1) is 0 Å². The fraction of sp³-hybridized carbons (Fsp3) is 0.429. The highest BCUT2D eigenvalue weighted by atomic mass is 28.4. The van der Waals surface area contributed by atoms with Gasteiger partial charge in [0, 0.05) is 0 Å². The standard InChI is InChI=1S/C14H21OSi/c1-5-7-12-16(3,4)15-14-10-8-13(6-2)9-11-14/h2,6,8-11H,5,7,12H2,1,3-4H3. The maximum Gasteiger partial charge on any atom is 0.245 e. The molecule has 0 unspecified atom stereocenters. The Hall–Kier alpha value is -1.02. The van der Waals surface area contributed by atoms with E-state index in [9.17, 15) is 0 Å². The third-order valence-corrected chi connectivity index (χ3v) is 4.95. The number of rotatable bonds is 6. The second kappa shape index (κ2) is 5.90. The first-order chi connectivity index (χ1) is 7.57. The molecule has 0 saturated heterocycles. The van der Waals surface area contributed by atoms with E-state index in [2.05, 4.69) is 20.0 Å². The summed E-state index contributed by atoms with van der Waals surface area (Å²) in [5, 5.41) is 0. The first-order valence-corrected chi connectivity index (χ1v) is 9.03. The van der Waals surface area contributed by atoms with E-state index in [1.54, 1.807) is 6.08 Å². The van der Waals surface area contributed by atoms with E-state index in [0.29, 0.717) is 0 Å². The Kier molecular flexibility index (Phi) is 4.81. The van der Waals surface area contributed by atoms with Crippen LogP contribution < -0.4 is 4.43 Å². The highest BCUT2D eigenvalue weighted by Crippen LogP contribution is 2.21. The van der Waals surface area contributed by atoms with Crippen molar-refractivity contribution in [2.45, 2.75) is 38.9 Å². The summed E-state index contributed by atoms with van der Waals surface area (Å²) in [6, 6.07) is 9.19. The number of hydrogen-bond donors (Lipinski definition) is 0. The monoisotopic (exact) mass is 233 g/mol. The van der Waals surface area contributed by atoms with Gasteiger partial charge in [0.1, 0.15) is 5.75 Å². The molecule has 1 aromatic carbocycles. The first kappa shape index (κ1) is 13.0. The lowest BCUT2D eigenvalue weighted by atomic mass is 10.2. The predicted octanol–water partition coefficient (Wildman–Crippen LogP) is 4.52. The highest BCUT2D eigenvalue weighted by Gasteiger charge is 2.23. The van der Waals surface area contributed by atoms with Crippen molar-refractivity contribution in [1.82, 2.24) is 0 Å².